The Labute approximate surface area is 232 Å². The van der Waals surface area contributed by atoms with Crippen molar-refractivity contribution in [2.75, 3.05) is 31.6 Å². The van der Waals surface area contributed by atoms with Crippen LogP contribution in [0.4, 0.5) is 10.1 Å². The van der Waals surface area contributed by atoms with E-state index in [0.717, 1.165) is 60.7 Å². The number of imidazole rings is 1. The summed E-state index contributed by atoms with van der Waals surface area (Å²) >= 11 is 0. The van der Waals surface area contributed by atoms with Crippen molar-refractivity contribution in [1.82, 2.24) is 35.5 Å². The van der Waals surface area contributed by atoms with Gasteiger partial charge < -0.3 is 15.2 Å². The fourth-order valence-electron chi connectivity index (χ4n) is 6.00. The third-order valence-electron chi connectivity index (χ3n) is 8.09. The van der Waals surface area contributed by atoms with E-state index >= 15 is 4.39 Å². The Morgan fingerprint density at radius 3 is 2.70 bits per heavy atom. The standard InChI is InChI=1S/C30H36FN9/c1-19-25(26(31)27(32-2)22-12-21(15-34-16-22)14-33-13-20-8-4-5-9-20)29(39-38-19)30-36-23-17-35-18-24(28(23)37-30)40-10-6-3-7-11-40/h12,15-18,20,33,38H,1,3-11,13-14H2,2H3,(H,36,37)/b26-25-,32-27?. The third-order valence-corrected chi connectivity index (χ3v) is 8.09. The first-order valence-corrected chi connectivity index (χ1v) is 14.3. The SMILES string of the molecule is C=c1[nH]nc(-c2nc3c(N4CCCCC4)cncc3[nH]2)/c1=C(\F)C(=NC)c1cncc(CNCC2CCCC2)c1. The highest BCUT2D eigenvalue weighted by molar-refractivity contribution is 6.25. The second kappa shape index (κ2) is 11.7. The first-order chi connectivity index (χ1) is 19.6. The molecule has 6 rings (SSSR count). The van der Waals surface area contributed by atoms with Crippen LogP contribution in [0.15, 0.2) is 35.8 Å². The average Bonchev–Trinajstić information content (AvgIpc) is 3.74. The Hall–Kier alpha value is -3.92. The Balaban J connectivity index is 1.33. The number of hydrogen-bond acceptors (Lipinski definition) is 7. The van der Waals surface area contributed by atoms with Gasteiger partial charge in [-0.15, -0.1) is 0 Å². The summed E-state index contributed by atoms with van der Waals surface area (Å²) in [4.78, 5) is 23.6. The van der Waals surface area contributed by atoms with E-state index in [2.05, 4.69) is 46.9 Å². The minimum Gasteiger partial charge on any atom is -0.368 e. The second-order valence-electron chi connectivity index (χ2n) is 10.9. The molecule has 3 N–H and O–H groups in total. The summed E-state index contributed by atoms with van der Waals surface area (Å²) in [7, 11) is 1.58. The molecule has 0 unspecified atom stereocenters. The lowest BCUT2D eigenvalue weighted by atomic mass is 10.1. The highest BCUT2D eigenvalue weighted by Gasteiger charge is 2.21. The Morgan fingerprint density at radius 1 is 1.10 bits per heavy atom. The van der Waals surface area contributed by atoms with Crippen molar-refractivity contribution in [1.29, 1.82) is 0 Å². The molecule has 0 aromatic carbocycles. The van der Waals surface area contributed by atoms with E-state index in [1.54, 1.807) is 19.4 Å². The highest BCUT2D eigenvalue weighted by atomic mass is 19.1. The molecule has 4 aromatic rings. The van der Waals surface area contributed by atoms with Crippen LogP contribution in [-0.4, -0.2) is 62.5 Å². The molecule has 0 radical (unpaired) electrons. The molecule has 0 amide bonds. The van der Waals surface area contributed by atoms with Crippen LogP contribution in [-0.2, 0) is 6.54 Å². The molecule has 1 saturated heterocycles. The highest BCUT2D eigenvalue weighted by Crippen LogP contribution is 2.28. The van der Waals surface area contributed by atoms with Crippen molar-refractivity contribution in [3.8, 4) is 11.5 Å². The number of fused-ring (bicyclic) bond motifs is 1. The topological polar surface area (TPSA) is 111 Å². The first kappa shape index (κ1) is 26.3. The summed E-state index contributed by atoms with van der Waals surface area (Å²) in [5, 5.41) is 11.4. The maximum Gasteiger partial charge on any atom is 0.160 e. The molecule has 1 aliphatic carbocycles. The zero-order valence-corrected chi connectivity index (χ0v) is 23.0. The molecule has 0 spiro atoms. The van der Waals surface area contributed by atoms with Gasteiger partial charge in [0.2, 0.25) is 0 Å². The average molecular weight is 542 g/mol. The largest absolute Gasteiger partial charge is 0.368 e. The fraction of sp³-hybridized carbons (Fsp3) is 0.433. The molecule has 1 aliphatic heterocycles. The van der Waals surface area contributed by atoms with E-state index in [1.165, 1.54) is 32.1 Å². The zero-order valence-electron chi connectivity index (χ0n) is 23.0. The van der Waals surface area contributed by atoms with E-state index in [0.29, 0.717) is 29.0 Å². The van der Waals surface area contributed by atoms with Crippen LogP contribution in [0.1, 0.15) is 56.1 Å². The van der Waals surface area contributed by atoms with Crippen LogP contribution in [0.2, 0.25) is 0 Å². The summed E-state index contributed by atoms with van der Waals surface area (Å²) in [5.41, 5.74) is 4.71. The normalized spacial score (nSPS) is 17.6. The summed E-state index contributed by atoms with van der Waals surface area (Å²) in [5.74, 6) is 0.676. The van der Waals surface area contributed by atoms with Crippen molar-refractivity contribution < 1.29 is 4.39 Å². The molecular weight excluding hydrogens is 505 g/mol. The van der Waals surface area contributed by atoms with E-state index in [-0.39, 0.29) is 10.9 Å². The second-order valence-corrected chi connectivity index (χ2v) is 10.9. The van der Waals surface area contributed by atoms with Crippen molar-refractivity contribution in [3.63, 3.8) is 0 Å². The molecule has 10 heteroatoms. The lowest BCUT2D eigenvalue weighted by molar-refractivity contribution is 0.489. The van der Waals surface area contributed by atoms with Crippen molar-refractivity contribution in [3.05, 3.63) is 52.5 Å². The van der Waals surface area contributed by atoms with Gasteiger partial charge in [-0.3, -0.25) is 20.1 Å². The molecule has 5 heterocycles. The lowest BCUT2D eigenvalue weighted by Crippen LogP contribution is -2.29. The van der Waals surface area contributed by atoms with Gasteiger partial charge in [0.1, 0.15) is 16.9 Å². The quantitative estimate of drug-likeness (QED) is 0.294. The van der Waals surface area contributed by atoms with Crippen LogP contribution >= 0.6 is 0 Å². The fourth-order valence-corrected chi connectivity index (χ4v) is 6.00. The van der Waals surface area contributed by atoms with Gasteiger partial charge in [-0.25, -0.2) is 9.37 Å². The van der Waals surface area contributed by atoms with Gasteiger partial charge in [-0.2, -0.15) is 5.10 Å². The number of anilines is 1. The molecule has 4 aromatic heterocycles. The van der Waals surface area contributed by atoms with Gasteiger partial charge >= 0.3 is 0 Å². The molecule has 0 atom stereocenters. The molecular formula is C30H36FN9. The monoisotopic (exact) mass is 541 g/mol. The van der Waals surface area contributed by atoms with Crippen LogP contribution in [0.5, 0.6) is 0 Å². The van der Waals surface area contributed by atoms with Gasteiger partial charge in [0, 0.05) is 44.6 Å². The van der Waals surface area contributed by atoms with Crippen LogP contribution in [0, 0.1) is 5.92 Å². The molecule has 208 valence electrons. The van der Waals surface area contributed by atoms with Gasteiger partial charge in [-0.05, 0) is 56.2 Å². The summed E-state index contributed by atoms with van der Waals surface area (Å²) < 4.78 is 16.3. The third kappa shape index (κ3) is 5.28. The summed E-state index contributed by atoms with van der Waals surface area (Å²) in [6.07, 6.45) is 15.8. The van der Waals surface area contributed by atoms with Crippen molar-refractivity contribution >= 4 is 34.8 Å². The van der Waals surface area contributed by atoms with E-state index in [9.17, 15) is 0 Å². The predicted molar refractivity (Wildman–Crippen MR) is 157 cm³/mol. The number of pyridine rings is 2. The van der Waals surface area contributed by atoms with Gasteiger partial charge in [0.25, 0.3) is 0 Å². The Morgan fingerprint density at radius 2 is 1.90 bits per heavy atom. The number of aromatic amines is 2. The summed E-state index contributed by atoms with van der Waals surface area (Å²) in [6, 6.07) is 1.94. The smallest absolute Gasteiger partial charge is 0.160 e. The maximum absolute atomic E-state index is 16.3. The molecule has 40 heavy (non-hydrogen) atoms. The number of rotatable bonds is 8. The number of nitrogens with one attached hydrogen (secondary N) is 3. The molecule has 2 aliphatic rings. The van der Waals surface area contributed by atoms with Crippen LogP contribution in [0.25, 0.3) is 35.0 Å². The van der Waals surface area contributed by atoms with Gasteiger partial charge in [0.05, 0.1) is 34.2 Å². The van der Waals surface area contributed by atoms with Crippen molar-refractivity contribution in [2.45, 2.75) is 51.5 Å². The van der Waals surface area contributed by atoms with Gasteiger partial charge in [-0.1, -0.05) is 19.4 Å². The number of piperidine rings is 1. The van der Waals surface area contributed by atoms with Crippen molar-refractivity contribution in [2.24, 2.45) is 10.9 Å². The number of nitrogens with zero attached hydrogens (tertiary/aromatic N) is 6. The predicted octanol–water partition coefficient (Wildman–Crippen LogP) is 3.62. The molecule has 1 saturated carbocycles. The zero-order chi connectivity index (χ0) is 27.5. The van der Waals surface area contributed by atoms with E-state index in [4.69, 9.17) is 4.98 Å². The molecule has 2 fully saturated rings. The molecule has 9 nitrogen and oxygen atoms in total. The minimum absolute atomic E-state index is 0.199. The summed E-state index contributed by atoms with van der Waals surface area (Å²) in [6.45, 7) is 7.64. The van der Waals surface area contributed by atoms with E-state index < -0.39 is 5.83 Å². The van der Waals surface area contributed by atoms with E-state index in [1.807, 2.05) is 18.5 Å². The number of aromatic nitrogens is 6. The Bertz CT molecular complexity index is 1620. The van der Waals surface area contributed by atoms with Crippen LogP contribution < -0.4 is 20.8 Å². The lowest BCUT2D eigenvalue weighted by Gasteiger charge is -2.28. The number of H-pyrrole nitrogens is 2. The number of halogens is 1. The van der Waals surface area contributed by atoms with Crippen LogP contribution in [0.3, 0.4) is 0 Å². The Kier molecular flexibility index (Phi) is 7.68. The maximum atomic E-state index is 16.3. The first-order valence-electron chi connectivity index (χ1n) is 14.3. The van der Waals surface area contributed by atoms with Gasteiger partial charge in [0.15, 0.2) is 11.7 Å². The molecule has 0 bridgehead atoms. The number of hydrogen-bond donors (Lipinski definition) is 3. The minimum atomic E-state index is -0.524. The number of aliphatic imine (C=N–C) groups is 1.